The van der Waals surface area contributed by atoms with Crippen LogP contribution in [0.2, 0.25) is 0 Å². The van der Waals surface area contributed by atoms with Crippen molar-refractivity contribution in [2.75, 3.05) is 6.54 Å². The fourth-order valence-corrected chi connectivity index (χ4v) is 2.68. The van der Waals surface area contributed by atoms with Crippen LogP contribution in [0, 0.1) is 0 Å². The molecule has 0 saturated carbocycles. The summed E-state index contributed by atoms with van der Waals surface area (Å²) in [5.41, 5.74) is 3.75. The summed E-state index contributed by atoms with van der Waals surface area (Å²) >= 11 is 0. The monoisotopic (exact) mass is 336 g/mol. The zero-order valence-corrected chi connectivity index (χ0v) is 13.8. The van der Waals surface area contributed by atoms with Gasteiger partial charge in [-0.05, 0) is 29.2 Å². The summed E-state index contributed by atoms with van der Waals surface area (Å²) in [6, 6.07) is 15.3. The molecule has 3 rings (SSSR count). The summed E-state index contributed by atoms with van der Waals surface area (Å²) in [6.07, 6.45) is 4.23. The molecule has 128 valence electrons. The first-order valence-corrected chi connectivity index (χ1v) is 8.25. The summed E-state index contributed by atoms with van der Waals surface area (Å²) in [7, 11) is 0. The molecular weight excluding hydrogens is 316 g/mol. The van der Waals surface area contributed by atoms with Crippen LogP contribution in [0.1, 0.15) is 33.5 Å². The Kier molecular flexibility index (Phi) is 5.46. The van der Waals surface area contributed by atoms with E-state index >= 15 is 0 Å². The fourth-order valence-electron chi connectivity index (χ4n) is 2.68. The lowest BCUT2D eigenvalue weighted by atomic mass is 10.0. The third-order valence-electron chi connectivity index (χ3n) is 3.97. The molecule has 0 bridgehead atoms. The Bertz CT molecular complexity index is 785. The Morgan fingerprint density at radius 2 is 2.00 bits per heavy atom. The van der Waals surface area contributed by atoms with Crippen molar-refractivity contribution in [3.63, 3.8) is 0 Å². The summed E-state index contributed by atoms with van der Waals surface area (Å²) in [5, 5.41) is 5.54. The zero-order valence-electron chi connectivity index (χ0n) is 13.8. The van der Waals surface area contributed by atoms with E-state index in [9.17, 15) is 9.59 Å². The zero-order chi connectivity index (χ0) is 17.5. The van der Waals surface area contributed by atoms with Crippen molar-refractivity contribution in [3.8, 4) is 0 Å². The summed E-state index contributed by atoms with van der Waals surface area (Å²) < 4.78 is 5.15. The van der Waals surface area contributed by atoms with Crippen LogP contribution in [0.4, 0.5) is 4.79 Å². The smallest absolute Gasteiger partial charge is 0.407 e. The minimum atomic E-state index is -0.423. The predicted octanol–water partition coefficient (Wildman–Crippen LogP) is 3.26. The Hall–Kier alpha value is -3.08. The highest BCUT2D eigenvalue weighted by Gasteiger charge is 2.19. The topological polar surface area (TPSA) is 67.4 Å². The van der Waals surface area contributed by atoms with E-state index in [0.717, 1.165) is 22.3 Å². The van der Waals surface area contributed by atoms with E-state index in [4.69, 9.17) is 4.74 Å². The van der Waals surface area contributed by atoms with Crippen LogP contribution in [-0.4, -0.2) is 18.5 Å². The van der Waals surface area contributed by atoms with Gasteiger partial charge in [0.1, 0.15) is 6.61 Å². The lowest BCUT2D eigenvalue weighted by molar-refractivity contribution is 0.0965. The molecule has 0 unspecified atom stereocenters. The van der Waals surface area contributed by atoms with Gasteiger partial charge in [-0.2, -0.15) is 0 Å². The quantitative estimate of drug-likeness (QED) is 0.796. The Morgan fingerprint density at radius 3 is 2.84 bits per heavy atom. The van der Waals surface area contributed by atoms with E-state index in [1.165, 1.54) is 0 Å². The molecule has 25 heavy (non-hydrogen) atoms. The molecule has 2 aromatic carbocycles. The van der Waals surface area contributed by atoms with Crippen LogP contribution < -0.4 is 10.6 Å². The standard InChI is InChI=1S/C20H20N2O3/c23-19-17-11-6-10-16(18(17)13-22-19)9-4-5-12-21-20(24)25-14-15-7-2-1-3-8-15/h1-4,6-11H,5,12-14H2,(H,21,24)(H,22,23). The van der Waals surface area contributed by atoms with E-state index in [1.807, 2.05) is 60.7 Å². The van der Waals surface area contributed by atoms with E-state index in [-0.39, 0.29) is 12.5 Å². The van der Waals surface area contributed by atoms with Gasteiger partial charge in [-0.3, -0.25) is 4.79 Å². The van der Waals surface area contributed by atoms with E-state index in [0.29, 0.717) is 19.5 Å². The molecule has 0 spiro atoms. The maximum absolute atomic E-state index is 11.6. The molecule has 0 aliphatic carbocycles. The third kappa shape index (κ3) is 4.47. The SMILES string of the molecule is O=C(NCCC=Cc1cccc2c1CNC2=O)OCc1ccccc1. The molecule has 5 heteroatoms. The number of benzene rings is 2. The van der Waals surface area contributed by atoms with Crippen molar-refractivity contribution in [2.45, 2.75) is 19.6 Å². The fraction of sp³-hybridized carbons (Fsp3) is 0.200. The molecule has 0 fully saturated rings. The van der Waals surface area contributed by atoms with Crippen LogP contribution >= 0.6 is 0 Å². The second kappa shape index (κ2) is 8.15. The number of nitrogens with one attached hydrogen (secondary N) is 2. The molecule has 2 N–H and O–H groups in total. The number of ether oxygens (including phenoxy) is 1. The molecule has 0 atom stereocenters. The van der Waals surface area contributed by atoms with Gasteiger partial charge in [0.25, 0.3) is 5.91 Å². The molecule has 2 amide bonds. The average molecular weight is 336 g/mol. The van der Waals surface area contributed by atoms with Crippen molar-refractivity contribution in [1.82, 2.24) is 10.6 Å². The molecule has 1 heterocycles. The number of carbonyl (C=O) groups is 2. The van der Waals surface area contributed by atoms with Crippen LogP contribution in [-0.2, 0) is 17.9 Å². The molecule has 0 radical (unpaired) electrons. The third-order valence-corrected chi connectivity index (χ3v) is 3.97. The van der Waals surface area contributed by atoms with Crippen LogP contribution in [0.5, 0.6) is 0 Å². The number of rotatable bonds is 6. The van der Waals surface area contributed by atoms with Crippen molar-refractivity contribution < 1.29 is 14.3 Å². The largest absolute Gasteiger partial charge is 0.445 e. The lowest BCUT2D eigenvalue weighted by Crippen LogP contribution is -2.24. The number of hydrogen-bond acceptors (Lipinski definition) is 3. The molecule has 0 saturated heterocycles. The lowest BCUT2D eigenvalue weighted by Gasteiger charge is -2.06. The maximum atomic E-state index is 11.6. The first kappa shape index (κ1) is 16.8. The van der Waals surface area contributed by atoms with E-state index in [2.05, 4.69) is 10.6 Å². The highest BCUT2D eigenvalue weighted by atomic mass is 16.5. The minimum absolute atomic E-state index is 0.0203. The normalized spacial score (nSPS) is 12.7. The average Bonchev–Trinajstić information content (AvgIpc) is 3.02. The number of fused-ring (bicyclic) bond motifs is 1. The number of alkyl carbamates (subject to hydrolysis) is 1. The van der Waals surface area contributed by atoms with Gasteiger partial charge in [0, 0.05) is 18.7 Å². The number of hydrogen-bond donors (Lipinski definition) is 2. The van der Waals surface area contributed by atoms with E-state index in [1.54, 1.807) is 0 Å². The van der Waals surface area contributed by atoms with Crippen LogP contribution in [0.3, 0.4) is 0 Å². The van der Waals surface area contributed by atoms with Gasteiger partial charge in [0.15, 0.2) is 0 Å². The van der Waals surface area contributed by atoms with E-state index < -0.39 is 6.09 Å². The molecule has 0 aromatic heterocycles. The van der Waals surface area contributed by atoms with Crippen molar-refractivity contribution >= 4 is 18.1 Å². The van der Waals surface area contributed by atoms with Crippen molar-refractivity contribution in [3.05, 3.63) is 76.9 Å². The number of amides is 2. The highest BCUT2D eigenvalue weighted by molar-refractivity contribution is 5.99. The number of carbonyl (C=O) groups excluding carboxylic acids is 2. The Balaban J connectivity index is 1.41. The molecule has 5 nitrogen and oxygen atoms in total. The predicted molar refractivity (Wildman–Crippen MR) is 95.9 cm³/mol. The Labute approximate surface area is 146 Å². The van der Waals surface area contributed by atoms with Gasteiger partial charge >= 0.3 is 6.09 Å². The summed E-state index contributed by atoms with van der Waals surface area (Å²) in [5.74, 6) is -0.0203. The van der Waals surface area contributed by atoms with Gasteiger partial charge < -0.3 is 15.4 Å². The van der Waals surface area contributed by atoms with Crippen LogP contribution in [0.25, 0.3) is 6.08 Å². The van der Waals surface area contributed by atoms with Crippen molar-refractivity contribution in [2.24, 2.45) is 0 Å². The van der Waals surface area contributed by atoms with Crippen LogP contribution in [0.15, 0.2) is 54.6 Å². The molecule has 2 aromatic rings. The Morgan fingerprint density at radius 1 is 1.16 bits per heavy atom. The first-order chi connectivity index (χ1) is 12.2. The van der Waals surface area contributed by atoms with Gasteiger partial charge in [0.05, 0.1) is 0 Å². The van der Waals surface area contributed by atoms with Gasteiger partial charge in [-0.15, -0.1) is 0 Å². The second-order valence-electron chi connectivity index (χ2n) is 5.74. The summed E-state index contributed by atoms with van der Waals surface area (Å²) in [4.78, 5) is 23.3. The highest BCUT2D eigenvalue weighted by Crippen LogP contribution is 2.21. The second-order valence-corrected chi connectivity index (χ2v) is 5.74. The first-order valence-electron chi connectivity index (χ1n) is 8.25. The molecule has 1 aliphatic rings. The summed E-state index contributed by atoms with van der Waals surface area (Å²) in [6.45, 7) is 1.33. The van der Waals surface area contributed by atoms with Gasteiger partial charge in [-0.1, -0.05) is 54.6 Å². The molecular formula is C20H20N2O3. The van der Waals surface area contributed by atoms with Gasteiger partial charge in [-0.25, -0.2) is 4.79 Å². The maximum Gasteiger partial charge on any atom is 0.407 e. The minimum Gasteiger partial charge on any atom is -0.445 e. The molecule has 1 aliphatic heterocycles. The van der Waals surface area contributed by atoms with Gasteiger partial charge in [0.2, 0.25) is 0 Å². The van der Waals surface area contributed by atoms with Crippen molar-refractivity contribution in [1.29, 1.82) is 0 Å².